The van der Waals surface area contributed by atoms with E-state index in [4.69, 9.17) is 5.73 Å². The van der Waals surface area contributed by atoms with Gasteiger partial charge in [-0.15, -0.1) is 0 Å². The molecule has 0 rings (SSSR count). The van der Waals surface area contributed by atoms with Crippen molar-refractivity contribution in [2.24, 2.45) is 5.73 Å². The molecule has 6 heteroatoms. The van der Waals surface area contributed by atoms with Crippen molar-refractivity contribution >= 4 is 0 Å². The first-order chi connectivity index (χ1) is 5.91. The van der Waals surface area contributed by atoms with Crippen molar-refractivity contribution in [3.63, 3.8) is 0 Å². The van der Waals surface area contributed by atoms with Crippen LogP contribution in [0.15, 0.2) is 0 Å². The Kier molecular flexibility index (Phi) is 5.27. The maximum atomic E-state index is 12.1. The number of hydrogen-bond donors (Lipinski definition) is 1. The zero-order chi connectivity index (χ0) is 10.5. The maximum absolute atomic E-state index is 12.1. The van der Waals surface area contributed by atoms with Crippen LogP contribution in [0.1, 0.15) is 6.92 Å². The number of alkyl halides is 3. The fraction of sp³-hybridized carbons (Fsp3) is 1.00. The fourth-order valence-electron chi connectivity index (χ4n) is 0.821. The third kappa shape index (κ3) is 5.07. The summed E-state index contributed by atoms with van der Waals surface area (Å²) in [6.45, 7) is 1.04. The highest BCUT2D eigenvalue weighted by molar-refractivity contribution is 4.69. The Labute approximate surface area is 75.0 Å². The summed E-state index contributed by atoms with van der Waals surface area (Å²) < 4.78 is 45.5. The van der Waals surface area contributed by atoms with Crippen molar-refractivity contribution in [3.8, 4) is 0 Å². The van der Waals surface area contributed by atoms with Gasteiger partial charge in [-0.25, -0.2) is 0 Å². The lowest BCUT2D eigenvalue weighted by Gasteiger charge is -2.22. The first kappa shape index (κ1) is 12.7. The van der Waals surface area contributed by atoms with Gasteiger partial charge in [0.2, 0.25) is 0 Å². The van der Waals surface area contributed by atoms with Crippen molar-refractivity contribution in [3.05, 3.63) is 0 Å². The van der Waals surface area contributed by atoms with Crippen LogP contribution in [-0.4, -0.2) is 38.6 Å². The number of rotatable bonds is 5. The monoisotopic (exact) mass is 201 g/mol. The molecule has 2 N–H and O–H groups in total. The standard InChI is InChI=1S/C7H14F3NO2/c1-5(4-12-2)13-6(3-11)7(8,9)10/h5-6H,3-4,11H2,1-2H3. The van der Waals surface area contributed by atoms with Gasteiger partial charge in [0.1, 0.15) is 0 Å². The summed E-state index contributed by atoms with van der Waals surface area (Å²) in [7, 11) is 1.39. The van der Waals surface area contributed by atoms with E-state index >= 15 is 0 Å². The molecule has 0 amide bonds. The van der Waals surface area contributed by atoms with Crippen molar-refractivity contribution in [1.82, 2.24) is 0 Å². The van der Waals surface area contributed by atoms with Gasteiger partial charge in [0.15, 0.2) is 6.10 Å². The molecule has 0 aromatic rings. The highest BCUT2D eigenvalue weighted by Crippen LogP contribution is 2.23. The molecule has 0 radical (unpaired) electrons. The number of nitrogens with two attached hydrogens (primary N) is 1. The second-order valence-corrected chi connectivity index (χ2v) is 2.67. The summed E-state index contributed by atoms with van der Waals surface area (Å²) in [5.74, 6) is 0. The van der Waals surface area contributed by atoms with Crippen LogP contribution >= 0.6 is 0 Å². The molecule has 0 saturated carbocycles. The summed E-state index contributed by atoms with van der Waals surface area (Å²) in [6, 6.07) is 0. The van der Waals surface area contributed by atoms with Gasteiger partial charge in [-0.2, -0.15) is 13.2 Å². The third-order valence-electron chi connectivity index (χ3n) is 1.38. The summed E-state index contributed by atoms with van der Waals surface area (Å²) in [5, 5.41) is 0. The first-order valence-electron chi connectivity index (χ1n) is 3.83. The molecule has 80 valence electrons. The summed E-state index contributed by atoms with van der Waals surface area (Å²) in [5.41, 5.74) is 4.92. The third-order valence-corrected chi connectivity index (χ3v) is 1.38. The molecule has 0 aromatic carbocycles. The molecule has 0 spiro atoms. The van der Waals surface area contributed by atoms with E-state index in [0.29, 0.717) is 0 Å². The Bertz CT molecular complexity index is 140. The smallest absolute Gasteiger partial charge is 0.382 e. The average Bonchev–Trinajstić information content (AvgIpc) is 1.98. The minimum absolute atomic E-state index is 0.118. The molecule has 0 heterocycles. The van der Waals surface area contributed by atoms with Crippen molar-refractivity contribution in [2.75, 3.05) is 20.3 Å². The quantitative estimate of drug-likeness (QED) is 0.719. The number of ether oxygens (including phenoxy) is 2. The zero-order valence-corrected chi connectivity index (χ0v) is 7.60. The second kappa shape index (κ2) is 5.41. The van der Waals surface area contributed by atoms with Crippen LogP contribution in [-0.2, 0) is 9.47 Å². The molecule has 0 aliphatic heterocycles. The van der Waals surface area contributed by atoms with Crippen LogP contribution in [0.25, 0.3) is 0 Å². The molecule has 0 fully saturated rings. The van der Waals surface area contributed by atoms with Crippen molar-refractivity contribution in [2.45, 2.75) is 25.3 Å². The van der Waals surface area contributed by atoms with E-state index in [1.807, 2.05) is 0 Å². The lowest BCUT2D eigenvalue weighted by molar-refractivity contribution is -0.230. The van der Waals surface area contributed by atoms with Gasteiger partial charge in [-0.3, -0.25) is 0 Å². The molecule has 2 atom stereocenters. The normalized spacial score (nSPS) is 17.1. The summed E-state index contributed by atoms with van der Waals surface area (Å²) >= 11 is 0. The van der Waals surface area contributed by atoms with Crippen LogP contribution in [0.3, 0.4) is 0 Å². The number of hydrogen-bond acceptors (Lipinski definition) is 3. The first-order valence-corrected chi connectivity index (χ1v) is 3.83. The largest absolute Gasteiger partial charge is 0.415 e. The topological polar surface area (TPSA) is 44.5 Å². The van der Waals surface area contributed by atoms with Crippen molar-refractivity contribution in [1.29, 1.82) is 0 Å². The predicted octanol–water partition coefficient (Wildman–Crippen LogP) is 0.927. The molecule has 0 aromatic heterocycles. The molecule has 2 unspecified atom stereocenters. The predicted molar refractivity (Wildman–Crippen MR) is 41.3 cm³/mol. The van der Waals surface area contributed by atoms with E-state index in [9.17, 15) is 13.2 Å². The minimum Gasteiger partial charge on any atom is -0.382 e. The molecular weight excluding hydrogens is 187 g/mol. The Morgan fingerprint density at radius 3 is 2.23 bits per heavy atom. The minimum atomic E-state index is -4.41. The molecule has 3 nitrogen and oxygen atoms in total. The van der Waals surface area contributed by atoms with Gasteiger partial charge in [-0.1, -0.05) is 0 Å². The van der Waals surface area contributed by atoms with Crippen molar-refractivity contribution < 1.29 is 22.6 Å². The van der Waals surface area contributed by atoms with Gasteiger partial charge in [0.25, 0.3) is 0 Å². The fourth-order valence-corrected chi connectivity index (χ4v) is 0.821. The molecular formula is C7H14F3NO2. The van der Waals surface area contributed by atoms with E-state index in [0.717, 1.165) is 0 Å². The molecule has 0 saturated heterocycles. The summed E-state index contributed by atoms with van der Waals surface area (Å²) in [6.07, 6.45) is -6.92. The van der Waals surface area contributed by atoms with Gasteiger partial charge >= 0.3 is 6.18 Å². The SMILES string of the molecule is COCC(C)OC(CN)C(F)(F)F. The average molecular weight is 201 g/mol. The Balaban J connectivity index is 3.98. The molecule has 13 heavy (non-hydrogen) atoms. The Morgan fingerprint density at radius 1 is 1.38 bits per heavy atom. The van der Waals surface area contributed by atoms with Crippen LogP contribution < -0.4 is 5.73 Å². The van der Waals surface area contributed by atoms with Gasteiger partial charge < -0.3 is 15.2 Å². The Hall–Kier alpha value is -0.330. The lowest BCUT2D eigenvalue weighted by atomic mass is 10.3. The highest BCUT2D eigenvalue weighted by Gasteiger charge is 2.40. The van der Waals surface area contributed by atoms with E-state index in [1.165, 1.54) is 14.0 Å². The van der Waals surface area contributed by atoms with Crippen LogP contribution in [0, 0.1) is 0 Å². The Morgan fingerprint density at radius 2 is 1.92 bits per heavy atom. The van der Waals surface area contributed by atoms with Gasteiger partial charge in [-0.05, 0) is 6.92 Å². The van der Waals surface area contributed by atoms with Gasteiger partial charge in [0.05, 0.1) is 12.7 Å². The molecule has 0 aliphatic rings. The lowest BCUT2D eigenvalue weighted by Crippen LogP contribution is -2.41. The van der Waals surface area contributed by atoms with E-state index < -0.39 is 24.9 Å². The van der Waals surface area contributed by atoms with Gasteiger partial charge in [0, 0.05) is 13.7 Å². The number of methoxy groups -OCH3 is 1. The highest BCUT2D eigenvalue weighted by atomic mass is 19.4. The van der Waals surface area contributed by atoms with Crippen LogP contribution in [0.4, 0.5) is 13.2 Å². The van der Waals surface area contributed by atoms with E-state index in [1.54, 1.807) is 0 Å². The van der Waals surface area contributed by atoms with Crippen LogP contribution in [0.2, 0.25) is 0 Å². The number of halogens is 3. The second-order valence-electron chi connectivity index (χ2n) is 2.67. The molecule has 0 aliphatic carbocycles. The van der Waals surface area contributed by atoms with Crippen LogP contribution in [0.5, 0.6) is 0 Å². The zero-order valence-electron chi connectivity index (χ0n) is 7.60. The summed E-state index contributed by atoms with van der Waals surface area (Å²) in [4.78, 5) is 0. The van der Waals surface area contributed by atoms with E-state index in [2.05, 4.69) is 9.47 Å². The van der Waals surface area contributed by atoms with E-state index in [-0.39, 0.29) is 6.61 Å². The molecule has 0 bridgehead atoms. The maximum Gasteiger partial charge on any atom is 0.415 e.